The highest BCUT2D eigenvalue weighted by Gasteiger charge is 2.38. The average molecular weight is 529 g/mol. The maximum atomic E-state index is 14.2. The predicted molar refractivity (Wildman–Crippen MR) is 128 cm³/mol. The molecule has 4 N–H and O–H groups in total. The zero-order valence-electron chi connectivity index (χ0n) is 20.0. The van der Waals surface area contributed by atoms with Gasteiger partial charge in [-0.15, -0.1) is 0 Å². The van der Waals surface area contributed by atoms with E-state index in [1.807, 2.05) is 0 Å². The number of halogens is 5. The van der Waals surface area contributed by atoms with E-state index in [9.17, 15) is 31.5 Å². The Morgan fingerprint density at radius 2 is 1.87 bits per heavy atom. The fourth-order valence-corrected chi connectivity index (χ4v) is 4.78. The molecule has 0 bridgehead atoms. The molecule has 0 spiro atoms. The molecule has 1 aliphatic rings. The van der Waals surface area contributed by atoms with Gasteiger partial charge in [0.05, 0.1) is 22.9 Å². The smallest absolute Gasteiger partial charge is 0.341 e. The minimum Gasteiger partial charge on any atom is -0.341 e. The topological polar surface area (TPSA) is 102 Å². The third-order valence-electron chi connectivity index (χ3n) is 6.56. The van der Waals surface area contributed by atoms with Crippen molar-refractivity contribution in [2.24, 2.45) is 12.8 Å². The lowest BCUT2D eigenvalue weighted by Crippen LogP contribution is -2.21. The van der Waals surface area contributed by atoms with Crippen LogP contribution in [0, 0.1) is 18.6 Å². The largest absolute Gasteiger partial charge is 0.416 e. The number of benzene rings is 3. The van der Waals surface area contributed by atoms with Crippen LogP contribution >= 0.6 is 0 Å². The molecule has 0 saturated heterocycles. The number of carbonyl (C=O) groups excluding carboxylic acids is 2. The van der Waals surface area contributed by atoms with E-state index in [0.29, 0.717) is 39.9 Å². The van der Waals surface area contributed by atoms with E-state index in [-0.39, 0.29) is 29.4 Å². The number of amides is 2. The minimum atomic E-state index is -4.88. The Bertz CT molecular complexity index is 1640. The fourth-order valence-electron chi connectivity index (χ4n) is 4.78. The number of hydrogen-bond donors (Lipinski definition) is 3. The first-order chi connectivity index (χ1) is 17.9. The summed E-state index contributed by atoms with van der Waals surface area (Å²) in [7, 11) is 1.62. The number of hydrogen-bond acceptors (Lipinski definition) is 4. The van der Waals surface area contributed by atoms with Gasteiger partial charge in [-0.2, -0.15) is 18.3 Å². The number of carbonyl (C=O) groups is 2. The van der Waals surface area contributed by atoms with Crippen molar-refractivity contribution in [1.29, 1.82) is 0 Å². The molecule has 0 radical (unpaired) electrons. The molecule has 196 valence electrons. The fraction of sp³-hybridized carbons (Fsp3) is 0.192. The van der Waals surface area contributed by atoms with E-state index >= 15 is 0 Å². The highest BCUT2D eigenvalue weighted by Crippen LogP contribution is 2.42. The van der Waals surface area contributed by atoms with Gasteiger partial charge in [-0.1, -0.05) is 6.07 Å². The molecule has 1 atom stereocenters. The summed E-state index contributed by atoms with van der Waals surface area (Å²) in [5, 5.41) is 10.2. The Labute approximate surface area is 212 Å². The number of anilines is 1. The second-order valence-corrected chi connectivity index (χ2v) is 8.97. The van der Waals surface area contributed by atoms with Gasteiger partial charge in [0.25, 0.3) is 11.8 Å². The third kappa shape index (κ3) is 4.16. The molecule has 2 amide bonds. The molecule has 3 aromatic carbocycles. The Hall–Kier alpha value is -4.32. The summed E-state index contributed by atoms with van der Waals surface area (Å²) in [5.41, 5.74) is 6.26. The Balaban J connectivity index is 1.71. The number of aryl methyl sites for hydroxylation is 2. The van der Waals surface area contributed by atoms with Crippen molar-refractivity contribution in [3.63, 3.8) is 0 Å². The summed E-state index contributed by atoms with van der Waals surface area (Å²) in [6.07, 6.45) is -4.88. The van der Waals surface area contributed by atoms with E-state index < -0.39 is 46.8 Å². The van der Waals surface area contributed by atoms with Gasteiger partial charge in [-0.3, -0.25) is 14.3 Å². The summed E-state index contributed by atoms with van der Waals surface area (Å²) in [6.45, 7) is 1.75. The quantitative estimate of drug-likeness (QED) is 0.333. The number of aromatic nitrogens is 2. The van der Waals surface area contributed by atoms with Crippen LogP contribution in [0.25, 0.3) is 10.9 Å². The summed E-state index contributed by atoms with van der Waals surface area (Å²) in [4.78, 5) is 26.3. The van der Waals surface area contributed by atoms with Crippen molar-refractivity contribution >= 4 is 28.4 Å². The van der Waals surface area contributed by atoms with Crippen LogP contribution in [-0.4, -0.2) is 21.6 Å². The molecule has 0 saturated carbocycles. The molecule has 4 aromatic rings. The summed E-state index contributed by atoms with van der Waals surface area (Å²) < 4.78 is 69.4. The highest BCUT2D eigenvalue weighted by molar-refractivity contribution is 6.15. The van der Waals surface area contributed by atoms with Crippen LogP contribution in [0.4, 0.5) is 27.6 Å². The molecular weight excluding hydrogens is 509 g/mol. The van der Waals surface area contributed by atoms with Crippen LogP contribution in [0.3, 0.4) is 0 Å². The van der Waals surface area contributed by atoms with Crippen molar-refractivity contribution in [2.45, 2.75) is 25.7 Å². The van der Waals surface area contributed by atoms with Gasteiger partial charge in [0.1, 0.15) is 17.2 Å². The predicted octanol–water partition coefficient (Wildman–Crippen LogP) is 4.72. The van der Waals surface area contributed by atoms with Crippen molar-refractivity contribution in [2.75, 3.05) is 5.32 Å². The zero-order valence-corrected chi connectivity index (χ0v) is 20.0. The van der Waals surface area contributed by atoms with Crippen molar-refractivity contribution in [3.8, 4) is 0 Å². The first-order valence-electron chi connectivity index (χ1n) is 11.4. The number of rotatable bonds is 4. The maximum absolute atomic E-state index is 14.2. The Morgan fingerprint density at radius 1 is 1.13 bits per heavy atom. The van der Waals surface area contributed by atoms with Gasteiger partial charge < -0.3 is 16.4 Å². The third-order valence-corrected chi connectivity index (χ3v) is 6.56. The lowest BCUT2D eigenvalue weighted by Gasteiger charge is -2.19. The molecule has 2 heterocycles. The minimum absolute atomic E-state index is 0.0338. The molecule has 0 fully saturated rings. The van der Waals surface area contributed by atoms with Crippen LogP contribution in [0.2, 0.25) is 0 Å². The molecule has 38 heavy (non-hydrogen) atoms. The van der Waals surface area contributed by atoms with Gasteiger partial charge in [-0.25, -0.2) is 8.78 Å². The molecule has 7 nitrogen and oxygen atoms in total. The van der Waals surface area contributed by atoms with Crippen molar-refractivity contribution in [3.05, 3.63) is 93.2 Å². The first-order valence-corrected chi connectivity index (χ1v) is 11.4. The van der Waals surface area contributed by atoms with Gasteiger partial charge >= 0.3 is 6.18 Å². The van der Waals surface area contributed by atoms with Gasteiger partial charge in [0.2, 0.25) is 0 Å². The molecule has 1 aliphatic heterocycles. The Morgan fingerprint density at radius 3 is 2.55 bits per heavy atom. The van der Waals surface area contributed by atoms with Crippen LogP contribution in [0.1, 0.15) is 54.7 Å². The number of nitrogens with one attached hydrogen (secondary N) is 2. The molecule has 12 heteroatoms. The summed E-state index contributed by atoms with van der Waals surface area (Å²) in [5.74, 6) is -3.37. The van der Waals surface area contributed by atoms with Crippen molar-refractivity contribution in [1.82, 2.24) is 15.1 Å². The number of fused-ring (bicyclic) bond motifs is 3. The monoisotopic (exact) mass is 529 g/mol. The van der Waals surface area contributed by atoms with Crippen LogP contribution in [-0.2, 0) is 19.8 Å². The van der Waals surface area contributed by atoms with E-state index in [1.54, 1.807) is 14.0 Å². The standard InChI is InChI=1S/C26H20F5N5O2/c1-11-3-4-14(27)8-16(11)22-20-18(33-24(37)12-5-13(26(29,30)31)7-15(28)6-12)9-17-19(10-32)36(2)35-23(17)21(20)25(38)34-22/h3-9,22H,10,32H2,1-2H3,(H,33,37)(H,34,38). The van der Waals surface area contributed by atoms with Gasteiger partial charge in [0, 0.05) is 35.8 Å². The molecule has 1 unspecified atom stereocenters. The van der Waals surface area contributed by atoms with Crippen LogP contribution < -0.4 is 16.4 Å². The second-order valence-electron chi connectivity index (χ2n) is 8.97. The van der Waals surface area contributed by atoms with E-state index in [2.05, 4.69) is 15.7 Å². The molecular formula is C26H20F5N5O2. The zero-order chi connectivity index (χ0) is 27.5. The molecule has 5 rings (SSSR count). The van der Waals surface area contributed by atoms with E-state index in [4.69, 9.17) is 5.73 Å². The highest BCUT2D eigenvalue weighted by atomic mass is 19.4. The van der Waals surface area contributed by atoms with Crippen molar-refractivity contribution < 1.29 is 31.5 Å². The van der Waals surface area contributed by atoms with Gasteiger partial charge in [-0.05, 0) is 54.4 Å². The Kier molecular flexibility index (Phi) is 5.94. The lowest BCUT2D eigenvalue weighted by molar-refractivity contribution is -0.137. The SMILES string of the molecule is Cc1ccc(F)cc1C1NC(=O)c2c1c(NC(=O)c1cc(F)cc(C(F)(F)F)c1)cc1c(CN)n(C)nc21. The normalized spacial score (nSPS) is 15.1. The summed E-state index contributed by atoms with van der Waals surface area (Å²) >= 11 is 0. The molecule has 0 aliphatic carbocycles. The number of nitrogens with zero attached hydrogens (tertiary/aromatic N) is 2. The maximum Gasteiger partial charge on any atom is 0.416 e. The molecule has 1 aromatic heterocycles. The first kappa shape index (κ1) is 25.3. The number of nitrogens with two attached hydrogens (primary N) is 1. The summed E-state index contributed by atoms with van der Waals surface area (Å²) in [6, 6.07) is 6.13. The van der Waals surface area contributed by atoms with Crippen LogP contribution in [0.5, 0.6) is 0 Å². The van der Waals surface area contributed by atoms with Gasteiger partial charge in [0.15, 0.2) is 0 Å². The van der Waals surface area contributed by atoms with E-state index in [1.165, 1.54) is 28.9 Å². The lowest BCUT2D eigenvalue weighted by atomic mass is 9.92. The number of alkyl halides is 3. The average Bonchev–Trinajstić information content (AvgIpc) is 3.35. The van der Waals surface area contributed by atoms with E-state index in [0.717, 1.165) is 0 Å². The van der Waals surface area contributed by atoms with Crippen LogP contribution in [0.15, 0.2) is 42.5 Å². The second kappa shape index (κ2) is 8.91.